The van der Waals surface area contributed by atoms with Crippen molar-refractivity contribution in [1.82, 2.24) is 10.3 Å². The summed E-state index contributed by atoms with van der Waals surface area (Å²) in [5.41, 5.74) is 2.68. The zero-order valence-corrected chi connectivity index (χ0v) is 12.6. The Labute approximate surface area is 120 Å². The Kier molecular flexibility index (Phi) is 6.75. The maximum Gasteiger partial charge on any atom is 0.389 e. The third-order valence-electron chi connectivity index (χ3n) is 4.76. The molecule has 1 heterocycles. The quantitative estimate of drug-likeness (QED) is 0.534. The highest BCUT2D eigenvalue weighted by molar-refractivity contribution is 4.99. The minimum absolute atomic E-state index is 0.0852. The Morgan fingerprint density at radius 1 is 1.15 bits per heavy atom. The van der Waals surface area contributed by atoms with E-state index in [9.17, 15) is 13.2 Å². The summed E-state index contributed by atoms with van der Waals surface area (Å²) >= 11 is 0. The van der Waals surface area contributed by atoms with Crippen LogP contribution in [0, 0.1) is 0 Å². The molecular formula is C14H28F3N3. The van der Waals surface area contributed by atoms with E-state index < -0.39 is 12.6 Å². The summed E-state index contributed by atoms with van der Waals surface area (Å²) < 4.78 is 36.9. The number of alkyl halides is 3. The van der Waals surface area contributed by atoms with Gasteiger partial charge in [-0.1, -0.05) is 13.8 Å². The molecule has 1 aliphatic rings. The average molecular weight is 295 g/mol. The van der Waals surface area contributed by atoms with E-state index in [-0.39, 0.29) is 18.0 Å². The van der Waals surface area contributed by atoms with E-state index in [0.717, 1.165) is 25.9 Å². The first-order chi connectivity index (χ1) is 9.39. The molecule has 0 saturated carbocycles. The summed E-state index contributed by atoms with van der Waals surface area (Å²) in [6.45, 7) is 6.27. The van der Waals surface area contributed by atoms with Crippen LogP contribution in [0.1, 0.15) is 58.8 Å². The van der Waals surface area contributed by atoms with Gasteiger partial charge in [0.05, 0.1) is 0 Å². The van der Waals surface area contributed by atoms with Crippen LogP contribution < -0.4 is 11.3 Å². The molecule has 0 aromatic rings. The van der Waals surface area contributed by atoms with Crippen molar-refractivity contribution in [2.24, 2.45) is 5.84 Å². The van der Waals surface area contributed by atoms with Gasteiger partial charge in [0.15, 0.2) is 0 Å². The molecule has 1 aliphatic heterocycles. The van der Waals surface area contributed by atoms with E-state index in [4.69, 9.17) is 5.84 Å². The number of hydrogen-bond donors (Lipinski definition) is 2. The minimum atomic E-state index is -4.08. The van der Waals surface area contributed by atoms with Crippen LogP contribution in [0.25, 0.3) is 0 Å². The van der Waals surface area contributed by atoms with E-state index in [1.807, 2.05) is 0 Å². The number of nitrogens with one attached hydrogen (secondary N) is 1. The fraction of sp³-hybridized carbons (Fsp3) is 1.00. The van der Waals surface area contributed by atoms with Crippen molar-refractivity contribution in [3.05, 3.63) is 0 Å². The van der Waals surface area contributed by atoms with E-state index in [1.54, 1.807) is 0 Å². The second-order valence-electron chi connectivity index (χ2n) is 5.73. The van der Waals surface area contributed by atoms with Gasteiger partial charge in [0.1, 0.15) is 0 Å². The lowest BCUT2D eigenvalue weighted by molar-refractivity contribution is -0.136. The van der Waals surface area contributed by atoms with Crippen LogP contribution >= 0.6 is 0 Å². The number of nitrogens with two attached hydrogens (primary N) is 1. The second-order valence-corrected chi connectivity index (χ2v) is 5.73. The molecule has 0 aromatic heterocycles. The maximum absolute atomic E-state index is 12.3. The molecule has 20 heavy (non-hydrogen) atoms. The zero-order chi connectivity index (χ0) is 15.2. The van der Waals surface area contributed by atoms with Crippen LogP contribution in [0.4, 0.5) is 13.2 Å². The van der Waals surface area contributed by atoms with Crippen LogP contribution in [0.5, 0.6) is 0 Å². The normalized spacial score (nSPS) is 19.5. The third-order valence-corrected chi connectivity index (χ3v) is 4.76. The molecule has 3 nitrogen and oxygen atoms in total. The van der Waals surface area contributed by atoms with Crippen molar-refractivity contribution in [2.45, 2.75) is 76.6 Å². The summed E-state index contributed by atoms with van der Waals surface area (Å²) in [4.78, 5) is 2.42. The molecule has 0 aromatic carbocycles. The Morgan fingerprint density at radius 2 is 1.70 bits per heavy atom. The van der Waals surface area contributed by atoms with Crippen molar-refractivity contribution in [1.29, 1.82) is 0 Å². The lowest BCUT2D eigenvalue weighted by atomic mass is 9.80. The zero-order valence-electron chi connectivity index (χ0n) is 12.6. The van der Waals surface area contributed by atoms with Crippen LogP contribution in [-0.4, -0.2) is 35.7 Å². The molecule has 1 rings (SSSR count). The molecular weight excluding hydrogens is 267 g/mol. The molecule has 1 atom stereocenters. The van der Waals surface area contributed by atoms with Crippen LogP contribution in [-0.2, 0) is 0 Å². The molecule has 1 saturated heterocycles. The molecule has 1 fully saturated rings. The maximum atomic E-state index is 12.3. The van der Waals surface area contributed by atoms with Crippen LogP contribution in [0.15, 0.2) is 0 Å². The highest BCUT2D eigenvalue weighted by Crippen LogP contribution is 2.34. The van der Waals surface area contributed by atoms with Gasteiger partial charge in [-0.05, 0) is 51.6 Å². The first-order valence-electron chi connectivity index (χ1n) is 7.67. The summed E-state index contributed by atoms with van der Waals surface area (Å²) in [7, 11) is 0. The summed E-state index contributed by atoms with van der Waals surface area (Å²) in [5, 5.41) is 0. The fourth-order valence-corrected chi connectivity index (χ4v) is 3.59. The second kappa shape index (κ2) is 7.61. The molecule has 3 N–H and O–H groups in total. The molecule has 0 bridgehead atoms. The molecule has 0 aliphatic carbocycles. The first kappa shape index (κ1) is 17.7. The van der Waals surface area contributed by atoms with E-state index >= 15 is 0 Å². The third kappa shape index (κ3) is 4.33. The smallest absolute Gasteiger partial charge is 0.296 e. The van der Waals surface area contributed by atoms with Gasteiger partial charge >= 0.3 is 6.18 Å². The lowest BCUT2D eigenvalue weighted by Crippen LogP contribution is -2.61. The van der Waals surface area contributed by atoms with Gasteiger partial charge < -0.3 is 0 Å². The van der Waals surface area contributed by atoms with Crippen molar-refractivity contribution in [3.8, 4) is 0 Å². The van der Waals surface area contributed by atoms with Gasteiger partial charge in [-0.3, -0.25) is 16.2 Å². The highest BCUT2D eigenvalue weighted by Gasteiger charge is 2.41. The minimum Gasteiger partial charge on any atom is -0.296 e. The van der Waals surface area contributed by atoms with E-state index in [1.165, 1.54) is 12.8 Å². The van der Waals surface area contributed by atoms with Gasteiger partial charge in [0, 0.05) is 18.0 Å². The van der Waals surface area contributed by atoms with Crippen LogP contribution in [0.3, 0.4) is 0 Å². The monoisotopic (exact) mass is 295 g/mol. The van der Waals surface area contributed by atoms with Gasteiger partial charge in [-0.25, -0.2) is 0 Å². The molecule has 0 radical (unpaired) electrons. The van der Waals surface area contributed by atoms with Crippen LogP contribution in [0.2, 0.25) is 0 Å². The Balaban J connectivity index is 2.70. The molecule has 1 unspecified atom stereocenters. The van der Waals surface area contributed by atoms with E-state index in [0.29, 0.717) is 6.42 Å². The predicted molar refractivity (Wildman–Crippen MR) is 75.1 cm³/mol. The lowest BCUT2D eigenvalue weighted by Gasteiger charge is -2.46. The van der Waals surface area contributed by atoms with Gasteiger partial charge in [0.25, 0.3) is 0 Å². The van der Waals surface area contributed by atoms with Gasteiger partial charge in [-0.15, -0.1) is 0 Å². The van der Waals surface area contributed by atoms with Crippen molar-refractivity contribution >= 4 is 0 Å². The summed E-state index contributed by atoms with van der Waals surface area (Å²) in [6, 6.07) is -0.0852. The number of nitrogens with zero attached hydrogens (tertiary/aromatic N) is 1. The fourth-order valence-electron chi connectivity index (χ4n) is 3.59. The predicted octanol–water partition coefficient (Wildman–Crippen LogP) is 3.21. The highest BCUT2D eigenvalue weighted by atomic mass is 19.4. The van der Waals surface area contributed by atoms with Crippen molar-refractivity contribution in [3.63, 3.8) is 0 Å². The Hall–Kier alpha value is -0.330. The largest absolute Gasteiger partial charge is 0.389 e. The number of hydrogen-bond acceptors (Lipinski definition) is 3. The average Bonchev–Trinajstić information content (AvgIpc) is 2.91. The summed E-state index contributed by atoms with van der Waals surface area (Å²) in [6.07, 6.45) is -0.0529. The van der Waals surface area contributed by atoms with Crippen molar-refractivity contribution in [2.75, 3.05) is 13.1 Å². The standard InChI is InChI=1S/C14H28F3N3/c1-3-13(4-2,20-10-5-6-11-20)12(19-18)8-7-9-14(15,16)17/h12,19H,3-11,18H2,1-2H3. The number of likely N-dealkylation sites (tertiary alicyclic amines) is 1. The Bertz CT molecular complexity index is 271. The van der Waals surface area contributed by atoms with Crippen molar-refractivity contribution < 1.29 is 13.2 Å². The summed E-state index contributed by atoms with van der Waals surface area (Å²) in [5.74, 6) is 5.67. The molecule has 120 valence electrons. The number of hydrazine groups is 1. The van der Waals surface area contributed by atoms with E-state index in [2.05, 4.69) is 24.2 Å². The first-order valence-corrected chi connectivity index (χ1v) is 7.67. The van der Waals surface area contributed by atoms with Gasteiger partial charge in [0.2, 0.25) is 0 Å². The molecule has 0 spiro atoms. The number of rotatable bonds is 8. The number of halogens is 3. The van der Waals surface area contributed by atoms with Gasteiger partial charge in [-0.2, -0.15) is 13.2 Å². The SMILES string of the molecule is CCC(CC)(C(CCCC(F)(F)F)NN)N1CCCC1. The topological polar surface area (TPSA) is 41.3 Å². The molecule has 6 heteroatoms. The Morgan fingerprint density at radius 3 is 2.10 bits per heavy atom. The molecule has 0 amide bonds.